The van der Waals surface area contributed by atoms with Crippen molar-refractivity contribution in [2.75, 3.05) is 13.1 Å². The molecule has 1 aliphatic heterocycles. The van der Waals surface area contributed by atoms with Gasteiger partial charge in [-0.1, -0.05) is 0 Å². The van der Waals surface area contributed by atoms with Crippen molar-refractivity contribution in [3.63, 3.8) is 0 Å². The second kappa shape index (κ2) is 4.78. The van der Waals surface area contributed by atoms with Gasteiger partial charge in [0.25, 0.3) is 0 Å². The Bertz CT molecular complexity index is 463. The van der Waals surface area contributed by atoms with E-state index in [2.05, 4.69) is 10.3 Å². The first kappa shape index (κ1) is 12.6. The lowest BCUT2D eigenvalue weighted by molar-refractivity contribution is 0.0529. The number of aliphatic hydroxyl groups is 1. The third kappa shape index (κ3) is 3.30. The predicted molar refractivity (Wildman–Crippen MR) is 68.6 cm³/mol. The van der Waals surface area contributed by atoms with E-state index in [4.69, 9.17) is 0 Å². The molecule has 96 valence electrons. The van der Waals surface area contributed by atoms with Gasteiger partial charge in [0.1, 0.15) is 0 Å². The molecule has 1 aromatic rings. The molecular weight excluding hydrogens is 230 g/mol. The predicted octanol–water partition coefficient (Wildman–Crippen LogP) is 1.22. The Kier molecular flexibility index (Phi) is 3.34. The van der Waals surface area contributed by atoms with Crippen LogP contribution in [-0.4, -0.2) is 39.7 Å². The van der Waals surface area contributed by atoms with Crippen LogP contribution in [0.1, 0.15) is 19.4 Å². The fourth-order valence-electron chi connectivity index (χ4n) is 1.87. The Hall–Kier alpha value is -1.88. The highest BCUT2D eigenvalue weighted by molar-refractivity contribution is 5.81. The number of hydrogen-bond acceptors (Lipinski definition) is 3. The molecule has 5 heteroatoms. The Balaban J connectivity index is 2.07. The zero-order valence-corrected chi connectivity index (χ0v) is 10.6. The summed E-state index contributed by atoms with van der Waals surface area (Å²) in [5.41, 5.74) is 0.935. The van der Waals surface area contributed by atoms with Crippen molar-refractivity contribution < 1.29 is 9.90 Å². The van der Waals surface area contributed by atoms with Crippen molar-refractivity contribution in [1.29, 1.82) is 0 Å². The summed E-state index contributed by atoms with van der Waals surface area (Å²) in [6.45, 7) is 4.17. The summed E-state index contributed by atoms with van der Waals surface area (Å²) in [4.78, 5) is 17.2. The SMILES string of the molecule is CC(C)(O)CN1C/C(=C/c2ccncc2)NC1=O. The molecule has 2 rings (SSSR count). The lowest BCUT2D eigenvalue weighted by Gasteiger charge is -2.23. The van der Waals surface area contributed by atoms with Crippen LogP contribution >= 0.6 is 0 Å². The zero-order valence-electron chi connectivity index (χ0n) is 10.6. The highest BCUT2D eigenvalue weighted by atomic mass is 16.3. The third-order valence-corrected chi connectivity index (χ3v) is 2.54. The first-order valence-corrected chi connectivity index (χ1v) is 5.83. The van der Waals surface area contributed by atoms with Gasteiger partial charge >= 0.3 is 6.03 Å². The number of hydrogen-bond donors (Lipinski definition) is 2. The zero-order chi connectivity index (χ0) is 13.2. The average Bonchev–Trinajstić information content (AvgIpc) is 2.58. The van der Waals surface area contributed by atoms with Gasteiger partial charge in [0.2, 0.25) is 0 Å². The number of pyridine rings is 1. The number of nitrogens with zero attached hydrogens (tertiary/aromatic N) is 2. The van der Waals surface area contributed by atoms with Crippen LogP contribution in [0.3, 0.4) is 0 Å². The third-order valence-electron chi connectivity index (χ3n) is 2.54. The van der Waals surface area contributed by atoms with Crippen molar-refractivity contribution in [3.8, 4) is 0 Å². The summed E-state index contributed by atoms with van der Waals surface area (Å²) >= 11 is 0. The first-order chi connectivity index (χ1) is 8.44. The quantitative estimate of drug-likeness (QED) is 0.844. The number of urea groups is 1. The minimum atomic E-state index is -0.885. The molecule has 0 atom stereocenters. The van der Waals surface area contributed by atoms with Crippen LogP contribution in [-0.2, 0) is 0 Å². The summed E-state index contributed by atoms with van der Waals surface area (Å²) in [6.07, 6.45) is 5.32. The normalized spacial score (nSPS) is 18.3. The molecule has 0 aliphatic carbocycles. The van der Waals surface area contributed by atoms with E-state index in [1.54, 1.807) is 31.1 Å². The van der Waals surface area contributed by atoms with E-state index in [-0.39, 0.29) is 6.03 Å². The van der Waals surface area contributed by atoms with Crippen molar-refractivity contribution in [2.24, 2.45) is 0 Å². The molecular formula is C13H17N3O2. The largest absolute Gasteiger partial charge is 0.389 e. The molecule has 0 saturated carbocycles. The second-order valence-corrected chi connectivity index (χ2v) is 5.05. The van der Waals surface area contributed by atoms with E-state index >= 15 is 0 Å². The van der Waals surface area contributed by atoms with Gasteiger partial charge in [0.15, 0.2) is 0 Å². The average molecular weight is 247 g/mol. The van der Waals surface area contributed by atoms with Gasteiger partial charge in [-0.25, -0.2) is 4.79 Å². The molecule has 0 bridgehead atoms. The molecule has 0 unspecified atom stereocenters. The van der Waals surface area contributed by atoms with E-state index in [0.29, 0.717) is 13.1 Å². The first-order valence-electron chi connectivity index (χ1n) is 5.83. The monoisotopic (exact) mass is 247 g/mol. The molecule has 2 N–H and O–H groups in total. The van der Waals surface area contributed by atoms with Gasteiger partial charge in [-0.15, -0.1) is 0 Å². The summed E-state index contributed by atoms with van der Waals surface area (Å²) in [5, 5.41) is 12.5. The van der Waals surface area contributed by atoms with Crippen LogP contribution in [0.25, 0.3) is 6.08 Å². The van der Waals surface area contributed by atoms with E-state index in [1.807, 2.05) is 18.2 Å². The minimum absolute atomic E-state index is 0.169. The highest BCUT2D eigenvalue weighted by Gasteiger charge is 2.28. The lowest BCUT2D eigenvalue weighted by atomic mass is 10.1. The van der Waals surface area contributed by atoms with Crippen molar-refractivity contribution in [3.05, 3.63) is 35.8 Å². The van der Waals surface area contributed by atoms with Gasteiger partial charge in [0.05, 0.1) is 18.7 Å². The van der Waals surface area contributed by atoms with Gasteiger partial charge in [0, 0.05) is 18.1 Å². The molecule has 0 spiro atoms. The molecule has 0 radical (unpaired) electrons. The fourth-order valence-corrected chi connectivity index (χ4v) is 1.87. The maximum absolute atomic E-state index is 11.7. The number of carbonyl (C=O) groups is 1. The molecule has 18 heavy (non-hydrogen) atoms. The Labute approximate surface area is 106 Å². The maximum Gasteiger partial charge on any atom is 0.322 e. The molecule has 2 amide bonds. The molecule has 2 heterocycles. The minimum Gasteiger partial charge on any atom is -0.389 e. The Morgan fingerprint density at radius 3 is 2.78 bits per heavy atom. The lowest BCUT2D eigenvalue weighted by Crippen LogP contribution is -2.40. The Morgan fingerprint density at radius 1 is 1.50 bits per heavy atom. The molecule has 1 fully saturated rings. The summed E-state index contributed by atoms with van der Waals surface area (Å²) < 4.78 is 0. The number of aromatic nitrogens is 1. The van der Waals surface area contributed by atoms with Crippen LogP contribution in [0.4, 0.5) is 4.79 Å². The fraction of sp³-hybridized carbons (Fsp3) is 0.385. The van der Waals surface area contributed by atoms with E-state index < -0.39 is 5.60 Å². The summed E-state index contributed by atoms with van der Waals surface area (Å²) in [7, 11) is 0. The van der Waals surface area contributed by atoms with Crippen LogP contribution in [0, 0.1) is 0 Å². The van der Waals surface area contributed by atoms with E-state index in [9.17, 15) is 9.90 Å². The van der Waals surface area contributed by atoms with Gasteiger partial charge in [-0.2, -0.15) is 0 Å². The van der Waals surface area contributed by atoms with Gasteiger partial charge < -0.3 is 15.3 Å². The van der Waals surface area contributed by atoms with Gasteiger partial charge in [-0.05, 0) is 37.6 Å². The maximum atomic E-state index is 11.7. The number of carbonyl (C=O) groups excluding carboxylic acids is 1. The van der Waals surface area contributed by atoms with Crippen LogP contribution in [0.5, 0.6) is 0 Å². The molecule has 1 aromatic heterocycles. The molecule has 0 aromatic carbocycles. The highest BCUT2D eigenvalue weighted by Crippen LogP contribution is 2.14. The molecule has 1 saturated heterocycles. The topological polar surface area (TPSA) is 65.5 Å². The summed E-state index contributed by atoms with van der Waals surface area (Å²) in [6, 6.07) is 3.58. The van der Waals surface area contributed by atoms with Crippen molar-refractivity contribution in [2.45, 2.75) is 19.4 Å². The van der Waals surface area contributed by atoms with E-state index in [1.165, 1.54) is 0 Å². The van der Waals surface area contributed by atoms with Gasteiger partial charge in [-0.3, -0.25) is 4.98 Å². The number of nitrogens with one attached hydrogen (secondary N) is 1. The second-order valence-electron chi connectivity index (χ2n) is 5.05. The number of β-amino-alcohol motifs (C(OH)–C–C–N with tert-alkyl or cyclic N) is 1. The molecule has 5 nitrogen and oxygen atoms in total. The van der Waals surface area contributed by atoms with E-state index in [0.717, 1.165) is 11.3 Å². The number of amides is 2. The van der Waals surface area contributed by atoms with Crippen molar-refractivity contribution >= 4 is 12.1 Å². The van der Waals surface area contributed by atoms with Crippen LogP contribution in [0.2, 0.25) is 0 Å². The summed E-state index contributed by atoms with van der Waals surface area (Å²) in [5.74, 6) is 0. The molecule has 1 aliphatic rings. The van der Waals surface area contributed by atoms with Crippen molar-refractivity contribution in [1.82, 2.24) is 15.2 Å². The van der Waals surface area contributed by atoms with Crippen LogP contribution < -0.4 is 5.32 Å². The number of rotatable bonds is 3. The smallest absolute Gasteiger partial charge is 0.322 e. The van der Waals surface area contributed by atoms with Crippen LogP contribution in [0.15, 0.2) is 30.2 Å². The Morgan fingerprint density at radius 2 is 2.17 bits per heavy atom. The standard InChI is InChI=1S/C13H17N3O2/c1-13(2,18)9-16-8-11(15-12(16)17)7-10-3-5-14-6-4-10/h3-7,18H,8-9H2,1-2H3,(H,15,17)/b11-7-.